The Balaban J connectivity index is 1.48. The van der Waals surface area contributed by atoms with E-state index < -0.39 is 9.84 Å². The van der Waals surface area contributed by atoms with Crippen LogP contribution < -0.4 is 5.32 Å². The summed E-state index contributed by atoms with van der Waals surface area (Å²) in [5.74, 6) is -0.229. The van der Waals surface area contributed by atoms with Gasteiger partial charge in [0.2, 0.25) is 5.91 Å². The van der Waals surface area contributed by atoms with E-state index in [2.05, 4.69) is 21.8 Å². The van der Waals surface area contributed by atoms with Crippen LogP contribution in [0.15, 0.2) is 59.5 Å². The fraction of sp³-hybridized carbons (Fsp3) is 0.333. The quantitative estimate of drug-likeness (QED) is 0.486. The fourth-order valence-electron chi connectivity index (χ4n) is 3.74. The van der Waals surface area contributed by atoms with Crippen LogP contribution in [0.5, 0.6) is 0 Å². The van der Waals surface area contributed by atoms with Gasteiger partial charge >= 0.3 is 0 Å². The molecule has 1 aromatic heterocycles. The SMILES string of the molecule is C=C(CCN1CCOCC1)CS(=O)(=O)c1cccc(-c2ccc3nc(NC(C)=O)sc3c2)c1. The Hall–Kier alpha value is -2.59. The molecule has 0 unspecified atom stereocenters. The van der Waals surface area contributed by atoms with Gasteiger partial charge in [0.05, 0.1) is 34.1 Å². The van der Waals surface area contributed by atoms with Gasteiger partial charge in [-0.1, -0.05) is 41.7 Å². The third kappa shape index (κ3) is 6.05. The molecule has 2 aromatic carbocycles. The van der Waals surface area contributed by atoms with Crippen LogP contribution in [0.4, 0.5) is 5.13 Å². The van der Waals surface area contributed by atoms with Gasteiger partial charge in [0, 0.05) is 26.6 Å². The number of anilines is 1. The number of fused-ring (bicyclic) bond motifs is 1. The summed E-state index contributed by atoms with van der Waals surface area (Å²) in [5.41, 5.74) is 3.20. The van der Waals surface area contributed by atoms with Crippen molar-refractivity contribution in [2.24, 2.45) is 0 Å². The van der Waals surface area contributed by atoms with E-state index in [4.69, 9.17) is 4.74 Å². The Labute approximate surface area is 198 Å². The molecular weight excluding hydrogens is 458 g/mol. The van der Waals surface area contributed by atoms with E-state index in [1.807, 2.05) is 24.3 Å². The maximum Gasteiger partial charge on any atom is 0.223 e. The Kier molecular flexibility index (Phi) is 7.23. The average Bonchev–Trinajstić information content (AvgIpc) is 3.19. The number of morpholine rings is 1. The van der Waals surface area contributed by atoms with E-state index in [1.165, 1.54) is 18.3 Å². The first-order valence-electron chi connectivity index (χ1n) is 10.8. The van der Waals surface area contributed by atoms with E-state index in [-0.39, 0.29) is 16.6 Å². The highest BCUT2D eigenvalue weighted by molar-refractivity contribution is 7.91. The molecule has 9 heteroatoms. The number of rotatable bonds is 8. The monoisotopic (exact) mass is 485 g/mol. The topological polar surface area (TPSA) is 88.6 Å². The number of ether oxygens (including phenoxy) is 1. The average molecular weight is 486 g/mol. The van der Waals surface area contributed by atoms with Crippen LogP contribution in [0.1, 0.15) is 13.3 Å². The summed E-state index contributed by atoms with van der Waals surface area (Å²) in [5, 5.41) is 3.25. The molecule has 0 bridgehead atoms. The smallest absolute Gasteiger partial charge is 0.223 e. The van der Waals surface area contributed by atoms with Crippen molar-refractivity contribution in [2.45, 2.75) is 18.2 Å². The number of sulfone groups is 1. The van der Waals surface area contributed by atoms with Crippen LogP contribution in [0.25, 0.3) is 21.3 Å². The minimum Gasteiger partial charge on any atom is -0.379 e. The maximum atomic E-state index is 13.1. The predicted octanol–water partition coefficient (Wildman–Crippen LogP) is 3.97. The first kappa shape index (κ1) is 23.6. The number of benzene rings is 2. The first-order valence-corrected chi connectivity index (χ1v) is 13.3. The Morgan fingerprint density at radius 1 is 1.18 bits per heavy atom. The molecule has 7 nitrogen and oxygen atoms in total. The van der Waals surface area contributed by atoms with E-state index in [0.29, 0.717) is 17.1 Å². The molecule has 1 saturated heterocycles. The minimum atomic E-state index is -3.49. The number of aromatic nitrogens is 1. The van der Waals surface area contributed by atoms with E-state index in [9.17, 15) is 13.2 Å². The molecule has 0 saturated carbocycles. The van der Waals surface area contributed by atoms with Crippen molar-refractivity contribution in [1.82, 2.24) is 9.88 Å². The van der Waals surface area contributed by atoms with Crippen molar-refractivity contribution < 1.29 is 17.9 Å². The van der Waals surface area contributed by atoms with E-state index >= 15 is 0 Å². The third-order valence-corrected chi connectivity index (χ3v) is 8.17. The molecule has 1 aliphatic rings. The van der Waals surface area contributed by atoms with Crippen molar-refractivity contribution in [3.05, 3.63) is 54.6 Å². The number of hydrogen-bond donors (Lipinski definition) is 1. The molecule has 1 amide bonds. The van der Waals surface area contributed by atoms with E-state index in [0.717, 1.165) is 54.2 Å². The Morgan fingerprint density at radius 3 is 2.70 bits per heavy atom. The molecule has 33 heavy (non-hydrogen) atoms. The lowest BCUT2D eigenvalue weighted by atomic mass is 10.1. The van der Waals surface area contributed by atoms with Gasteiger partial charge < -0.3 is 10.1 Å². The van der Waals surface area contributed by atoms with Gasteiger partial charge in [-0.25, -0.2) is 13.4 Å². The molecule has 4 rings (SSSR count). The van der Waals surface area contributed by atoms with Crippen molar-refractivity contribution in [3.63, 3.8) is 0 Å². The summed E-state index contributed by atoms with van der Waals surface area (Å²) in [6.07, 6.45) is 0.650. The Bertz CT molecular complexity index is 1280. The van der Waals surface area contributed by atoms with Crippen molar-refractivity contribution in [3.8, 4) is 11.1 Å². The number of hydrogen-bond acceptors (Lipinski definition) is 7. The van der Waals surface area contributed by atoms with Crippen LogP contribution in [-0.4, -0.2) is 62.8 Å². The molecular formula is C24H27N3O4S2. The third-order valence-electron chi connectivity index (χ3n) is 5.48. The van der Waals surface area contributed by atoms with Crippen LogP contribution in [-0.2, 0) is 19.4 Å². The van der Waals surface area contributed by atoms with Crippen molar-refractivity contribution in [2.75, 3.05) is 43.9 Å². The molecule has 1 N–H and O–H groups in total. The van der Waals surface area contributed by atoms with Crippen LogP contribution >= 0.6 is 11.3 Å². The molecule has 0 radical (unpaired) electrons. The lowest BCUT2D eigenvalue weighted by molar-refractivity contribution is -0.114. The number of thiazole rings is 1. The highest BCUT2D eigenvalue weighted by atomic mass is 32.2. The molecule has 1 aliphatic heterocycles. The number of nitrogens with zero attached hydrogens (tertiary/aromatic N) is 2. The first-order chi connectivity index (χ1) is 15.8. The number of carbonyl (C=O) groups excluding carboxylic acids is 1. The zero-order valence-electron chi connectivity index (χ0n) is 18.5. The van der Waals surface area contributed by atoms with Gasteiger partial charge in [-0.05, 0) is 41.8 Å². The normalized spacial score (nSPS) is 14.9. The summed E-state index contributed by atoms with van der Waals surface area (Å²) in [6.45, 7) is 9.45. The van der Waals surface area contributed by atoms with Crippen LogP contribution in [0.2, 0.25) is 0 Å². The lowest BCUT2D eigenvalue weighted by Crippen LogP contribution is -2.37. The second kappa shape index (κ2) is 10.1. The summed E-state index contributed by atoms with van der Waals surface area (Å²) < 4.78 is 32.4. The summed E-state index contributed by atoms with van der Waals surface area (Å²) in [7, 11) is -3.49. The largest absolute Gasteiger partial charge is 0.379 e. The molecule has 2 heterocycles. The minimum absolute atomic E-state index is 0.0608. The van der Waals surface area contributed by atoms with Gasteiger partial charge in [0.25, 0.3) is 0 Å². The lowest BCUT2D eigenvalue weighted by Gasteiger charge is -2.26. The van der Waals surface area contributed by atoms with Gasteiger partial charge in [-0.3, -0.25) is 9.69 Å². The van der Waals surface area contributed by atoms with Crippen molar-refractivity contribution >= 4 is 42.4 Å². The zero-order chi connectivity index (χ0) is 23.4. The zero-order valence-corrected chi connectivity index (χ0v) is 20.2. The maximum absolute atomic E-state index is 13.1. The molecule has 0 atom stereocenters. The highest BCUT2D eigenvalue weighted by Crippen LogP contribution is 2.31. The fourth-order valence-corrected chi connectivity index (χ4v) is 6.13. The summed E-state index contributed by atoms with van der Waals surface area (Å²) in [6, 6.07) is 12.7. The second-order valence-electron chi connectivity index (χ2n) is 8.12. The van der Waals surface area contributed by atoms with Gasteiger partial charge in [-0.2, -0.15) is 0 Å². The number of amides is 1. The molecule has 1 fully saturated rings. The number of carbonyl (C=O) groups is 1. The molecule has 174 valence electrons. The highest BCUT2D eigenvalue weighted by Gasteiger charge is 2.18. The van der Waals surface area contributed by atoms with Gasteiger partial charge in [-0.15, -0.1) is 0 Å². The predicted molar refractivity (Wildman–Crippen MR) is 132 cm³/mol. The van der Waals surface area contributed by atoms with Crippen LogP contribution in [0, 0.1) is 0 Å². The number of nitrogens with one attached hydrogen (secondary N) is 1. The second-order valence-corrected chi connectivity index (χ2v) is 11.1. The van der Waals surface area contributed by atoms with Gasteiger partial charge in [0.15, 0.2) is 15.0 Å². The van der Waals surface area contributed by atoms with Crippen LogP contribution in [0.3, 0.4) is 0 Å². The molecule has 3 aromatic rings. The molecule has 0 spiro atoms. The standard InChI is InChI=1S/C24H27N3O4S2/c1-17(8-9-27-10-12-31-13-11-27)16-33(29,30)21-5-3-4-19(14-21)20-6-7-22-23(15-20)32-24(26-22)25-18(2)28/h3-7,14-15H,1,8-13,16H2,2H3,(H,25,26,28). The summed E-state index contributed by atoms with van der Waals surface area (Å²) in [4.78, 5) is 18.3. The van der Waals surface area contributed by atoms with Crippen molar-refractivity contribution in [1.29, 1.82) is 0 Å². The van der Waals surface area contributed by atoms with E-state index in [1.54, 1.807) is 18.2 Å². The Morgan fingerprint density at radius 2 is 1.94 bits per heavy atom. The molecule has 0 aliphatic carbocycles. The summed E-state index contributed by atoms with van der Waals surface area (Å²) >= 11 is 1.39. The van der Waals surface area contributed by atoms with Gasteiger partial charge in [0.1, 0.15) is 0 Å².